The largest absolute Gasteiger partial charge is 0.373 e. The fourth-order valence-electron chi connectivity index (χ4n) is 1.09. The predicted octanol–water partition coefficient (Wildman–Crippen LogP) is 1.16. The zero-order valence-electron chi connectivity index (χ0n) is 7.11. The van der Waals surface area contributed by atoms with Gasteiger partial charge in [0.15, 0.2) is 0 Å². The molecule has 0 spiro atoms. The van der Waals surface area contributed by atoms with Gasteiger partial charge in [-0.15, -0.1) is 0 Å². The van der Waals surface area contributed by atoms with Crippen LogP contribution in [-0.2, 0) is 4.74 Å². The maximum Gasteiger partial charge on any atom is 0.0751 e. The van der Waals surface area contributed by atoms with Crippen LogP contribution in [0, 0.1) is 0 Å². The van der Waals surface area contributed by atoms with Gasteiger partial charge in [0.2, 0.25) is 0 Å². The molecule has 1 atom stereocenters. The molecule has 1 fully saturated rings. The van der Waals surface area contributed by atoms with Gasteiger partial charge in [-0.1, -0.05) is 6.92 Å². The minimum atomic E-state index is 0.0473. The van der Waals surface area contributed by atoms with Crippen LogP contribution in [0.1, 0.15) is 27.2 Å². The highest BCUT2D eigenvalue weighted by Crippen LogP contribution is 2.13. The van der Waals surface area contributed by atoms with E-state index in [2.05, 4.69) is 26.1 Å². The van der Waals surface area contributed by atoms with Crippen molar-refractivity contribution in [3.8, 4) is 0 Å². The van der Waals surface area contributed by atoms with E-state index >= 15 is 0 Å². The van der Waals surface area contributed by atoms with E-state index in [1.807, 2.05) is 0 Å². The first-order valence-electron chi connectivity index (χ1n) is 4.01. The van der Waals surface area contributed by atoms with Crippen LogP contribution in [0.2, 0.25) is 0 Å². The molecule has 2 heteroatoms. The van der Waals surface area contributed by atoms with Crippen LogP contribution in [-0.4, -0.2) is 24.8 Å². The number of hydrogen-bond donors (Lipinski definition) is 1. The van der Waals surface area contributed by atoms with Crippen molar-refractivity contribution in [1.29, 1.82) is 0 Å². The molecular weight excluding hydrogens is 126 g/mol. The normalized spacial score (nSPS) is 32.1. The van der Waals surface area contributed by atoms with Crippen molar-refractivity contribution in [3.63, 3.8) is 0 Å². The van der Waals surface area contributed by atoms with Gasteiger partial charge in [-0.2, -0.15) is 0 Å². The lowest BCUT2D eigenvalue weighted by Crippen LogP contribution is -2.51. The molecule has 1 heterocycles. The van der Waals surface area contributed by atoms with Gasteiger partial charge in [-0.25, -0.2) is 0 Å². The second kappa shape index (κ2) is 2.89. The maximum atomic E-state index is 5.61. The van der Waals surface area contributed by atoms with Crippen LogP contribution in [0.3, 0.4) is 0 Å². The fourth-order valence-corrected chi connectivity index (χ4v) is 1.09. The molecule has 10 heavy (non-hydrogen) atoms. The Labute approximate surface area is 63.0 Å². The molecule has 0 aliphatic carbocycles. The van der Waals surface area contributed by atoms with E-state index in [0.717, 1.165) is 19.6 Å². The van der Waals surface area contributed by atoms with Crippen molar-refractivity contribution in [2.45, 2.75) is 38.8 Å². The molecule has 0 radical (unpaired) electrons. The number of morpholine rings is 1. The highest BCUT2D eigenvalue weighted by atomic mass is 16.5. The van der Waals surface area contributed by atoms with Gasteiger partial charge >= 0.3 is 0 Å². The van der Waals surface area contributed by atoms with Gasteiger partial charge < -0.3 is 10.1 Å². The van der Waals surface area contributed by atoms with Gasteiger partial charge in [0.05, 0.1) is 12.2 Å². The predicted molar refractivity (Wildman–Crippen MR) is 42.1 cm³/mol. The van der Waals surface area contributed by atoms with E-state index in [9.17, 15) is 0 Å². The van der Waals surface area contributed by atoms with Gasteiger partial charge in [-0.3, -0.25) is 0 Å². The highest BCUT2D eigenvalue weighted by Gasteiger charge is 2.25. The third kappa shape index (κ3) is 1.96. The van der Waals surface area contributed by atoms with E-state index in [0.29, 0.717) is 6.04 Å². The van der Waals surface area contributed by atoms with E-state index < -0.39 is 0 Å². The summed E-state index contributed by atoms with van der Waals surface area (Å²) in [6, 6.07) is 0.577. The third-order valence-electron chi connectivity index (χ3n) is 1.98. The Kier molecular flexibility index (Phi) is 2.32. The Morgan fingerprint density at radius 3 is 2.70 bits per heavy atom. The molecule has 0 aromatic carbocycles. The molecule has 0 bridgehead atoms. The van der Waals surface area contributed by atoms with Gasteiger partial charge in [0.1, 0.15) is 0 Å². The summed E-state index contributed by atoms with van der Waals surface area (Å²) < 4.78 is 5.61. The standard InChI is InChI=1S/C8H17NO/c1-4-7-5-10-8(2,3)6-9-7/h7,9H,4-6H2,1-3H3/t7-/m0/s1. The minimum Gasteiger partial charge on any atom is -0.373 e. The van der Waals surface area contributed by atoms with Crippen molar-refractivity contribution >= 4 is 0 Å². The van der Waals surface area contributed by atoms with Crippen molar-refractivity contribution in [3.05, 3.63) is 0 Å². The second-order valence-corrected chi connectivity index (χ2v) is 3.56. The summed E-state index contributed by atoms with van der Waals surface area (Å²) in [4.78, 5) is 0. The summed E-state index contributed by atoms with van der Waals surface area (Å²) in [7, 11) is 0. The molecule has 2 nitrogen and oxygen atoms in total. The summed E-state index contributed by atoms with van der Waals surface area (Å²) in [6.07, 6.45) is 1.16. The molecule has 60 valence electrons. The molecule has 0 amide bonds. The van der Waals surface area contributed by atoms with Gasteiger partial charge in [0, 0.05) is 12.6 Å². The lowest BCUT2D eigenvalue weighted by atomic mass is 10.1. The molecule has 0 unspecified atom stereocenters. The molecular formula is C8H17NO. The maximum absolute atomic E-state index is 5.61. The lowest BCUT2D eigenvalue weighted by Gasteiger charge is -2.35. The Bertz CT molecular complexity index is 102. The Balaban J connectivity index is 2.31. The van der Waals surface area contributed by atoms with Crippen molar-refractivity contribution in [2.24, 2.45) is 0 Å². The van der Waals surface area contributed by atoms with Crippen LogP contribution in [0.15, 0.2) is 0 Å². The van der Waals surface area contributed by atoms with Crippen LogP contribution < -0.4 is 5.32 Å². The SMILES string of the molecule is CC[C@H]1COC(C)(C)CN1. The van der Waals surface area contributed by atoms with Crippen LogP contribution in [0.25, 0.3) is 0 Å². The third-order valence-corrected chi connectivity index (χ3v) is 1.98. The smallest absolute Gasteiger partial charge is 0.0751 e. The minimum absolute atomic E-state index is 0.0473. The average Bonchev–Trinajstić information content (AvgIpc) is 1.88. The molecule has 0 saturated carbocycles. The van der Waals surface area contributed by atoms with E-state index in [4.69, 9.17) is 4.74 Å². The summed E-state index contributed by atoms with van der Waals surface area (Å²) in [5.74, 6) is 0. The number of nitrogens with one attached hydrogen (secondary N) is 1. The zero-order valence-corrected chi connectivity index (χ0v) is 7.11. The molecule has 0 aromatic heterocycles. The van der Waals surface area contributed by atoms with Crippen molar-refractivity contribution in [2.75, 3.05) is 13.2 Å². The monoisotopic (exact) mass is 143 g/mol. The molecule has 0 aromatic rings. The molecule has 1 aliphatic rings. The molecule has 1 aliphatic heterocycles. The van der Waals surface area contributed by atoms with E-state index in [-0.39, 0.29) is 5.60 Å². The highest BCUT2D eigenvalue weighted by molar-refractivity contribution is 4.81. The number of ether oxygens (including phenoxy) is 1. The van der Waals surface area contributed by atoms with Gasteiger partial charge in [-0.05, 0) is 20.3 Å². The molecule has 1 N–H and O–H groups in total. The average molecular weight is 143 g/mol. The Hall–Kier alpha value is -0.0800. The fraction of sp³-hybridized carbons (Fsp3) is 1.00. The summed E-state index contributed by atoms with van der Waals surface area (Å²) in [5.41, 5.74) is 0.0473. The van der Waals surface area contributed by atoms with Crippen molar-refractivity contribution in [1.82, 2.24) is 5.32 Å². The van der Waals surface area contributed by atoms with Crippen molar-refractivity contribution < 1.29 is 4.74 Å². The Morgan fingerprint density at radius 2 is 2.30 bits per heavy atom. The first-order valence-corrected chi connectivity index (χ1v) is 4.01. The quantitative estimate of drug-likeness (QED) is 0.595. The summed E-state index contributed by atoms with van der Waals surface area (Å²) in [6.45, 7) is 8.26. The van der Waals surface area contributed by atoms with Crippen LogP contribution >= 0.6 is 0 Å². The van der Waals surface area contributed by atoms with Crippen LogP contribution in [0.4, 0.5) is 0 Å². The first kappa shape index (κ1) is 8.02. The lowest BCUT2D eigenvalue weighted by molar-refractivity contribution is -0.0583. The summed E-state index contributed by atoms with van der Waals surface area (Å²) >= 11 is 0. The van der Waals surface area contributed by atoms with Gasteiger partial charge in [0.25, 0.3) is 0 Å². The topological polar surface area (TPSA) is 21.3 Å². The van der Waals surface area contributed by atoms with E-state index in [1.165, 1.54) is 0 Å². The summed E-state index contributed by atoms with van der Waals surface area (Å²) in [5, 5.41) is 3.43. The second-order valence-electron chi connectivity index (χ2n) is 3.56. The van der Waals surface area contributed by atoms with Crippen LogP contribution in [0.5, 0.6) is 0 Å². The first-order chi connectivity index (χ1) is 4.64. The zero-order chi connectivity index (χ0) is 7.61. The number of rotatable bonds is 1. The number of hydrogen-bond acceptors (Lipinski definition) is 2. The van der Waals surface area contributed by atoms with E-state index in [1.54, 1.807) is 0 Å². The molecule has 1 rings (SSSR count). The Morgan fingerprint density at radius 1 is 1.60 bits per heavy atom. The molecule has 1 saturated heterocycles.